The first-order valence-electron chi connectivity index (χ1n) is 6.10. The molecule has 1 saturated heterocycles. The number of imide groups is 1. The summed E-state index contributed by atoms with van der Waals surface area (Å²) in [7, 11) is 0. The highest BCUT2D eigenvalue weighted by atomic mass is 16.3. The molecule has 3 amide bonds. The molecule has 0 bridgehead atoms. The molecule has 7 nitrogen and oxygen atoms in total. The van der Waals surface area contributed by atoms with Crippen LogP contribution in [0.5, 0.6) is 11.5 Å². The van der Waals surface area contributed by atoms with Crippen molar-refractivity contribution in [2.75, 3.05) is 6.54 Å². The highest BCUT2D eigenvalue weighted by Crippen LogP contribution is 2.23. The van der Waals surface area contributed by atoms with Gasteiger partial charge in [-0.3, -0.25) is 19.7 Å². The van der Waals surface area contributed by atoms with E-state index in [0.29, 0.717) is 6.42 Å². The number of carbonyl (C=O) groups is 3. The van der Waals surface area contributed by atoms with Gasteiger partial charge in [-0.1, -0.05) is 6.92 Å². The Balaban J connectivity index is 2.34. The first-order chi connectivity index (χ1) is 9.42. The van der Waals surface area contributed by atoms with E-state index in [2.05, 4.69) is 5.32 Å². The monoisotopic (exact) mass is 278 g/mol. The van der Waals surface area contributed by atoms with Gasteiger partial charge in [-0.2, -0.15) is 0 Å². The number of benzene rings is 1. The van der Waals surface area contributed by atoms with Gasteiger partial charge in [0, 0.05) is 11.6 Å². The first-order valence-corrected chi connectivity index (χ1v) is 6.10. The van der Waals surface area contributed by atoms with E-state index in [1.165, 1.54) is 12.1 Å². The lowest BCUT2D eigenvalue weighted by atomic mass is 10.1. The molecular formula is C13H14N2O5. The summed E-state index contributed by atoms with van der Waals surface area (Å²) in [4.78, 5) is 36.6. The van der Waals surface area contributed by atoms with Gasteiger partial charge in [-0.15, -0.1) is 0 Å². The molecule has 1 aromatic rings. The third-order valence-corrected chi connectivity index (χ3v) is 3.05. The van der Waals surface area contributed by atoms with E-state index in [0.717, 1.165) is 11.0 Å². The zero-order valence-corrected chi connectivity index (χ0v) is 10.8. The predicted octanol–water partition coefficient (Wildman–Crippen LogP) is -0.0250. The summed E-state index contributed by atoms with van der Waals surface area (Å²) in [5.41, 5.74) is 0.0171. The molecule has 7 heteroatoms. The summed E-state index contributed by atoms with van der Waals surface area (Å²) in [6.07, 6.45) is 0.357. The Kier molecular flexibility index (Phi) is 3.60. The van der Waals surface area contributed by atoms with E-state index in [-0.39, 0.29) is 23.6 Å². The molecule has 1 heterocycles. The second-order valence-electron chi connectivity index (χ2n) is 4.51. The second-order valence-corrected chi connectivity index (χ2v) is 4.51. The van der Waals surface area contributed by atoms with Gasteiger partial charge in [0.1, 0.15) is 24.1 Å². The fourth-order valence-electron chi connectivity index (χ4n) is 2.17. The van der Waals surface area contributed by atoms with E-state index in [1.54, 1.807) is 6.92 Å². The van der Waals surface area contributed by atoms with Crippen molar-refractivity contribution in [1.82, 2.24) is 10.2 Å². The molecule has 0 spiro atoms. The average molecular weight is 278 g/mol. The normalized spacial score (nSPS) is 18.9. The summed E-state index contributed by atoms with van der Waals surface area (Å²) >= 11 is 0. The number of carbonyl (C=O) groups excluding carboxylic acids is 3. The summed E-state index contributed by atoms with van der Waals surface area (Å²) in [5, 5.41) is 21.0. The van der Waals surface area contributed by atoms with E-state index in [1.807, 2.05) is 0 Å². The Bertz CT molecular complexity index is 564. The van der Waals surface area contributed by atoms with Crippen molar-refractivity contribution < 1.29 is 24.6 Å². The largest absolute Gasteiger partial charge is 0.508 e. The smallest absolute Gasteiger partial charge is 0.255 e. The van der Waals surface area contributed by atoms with Crippen molar-refractivity contribution in [3.05, 3.63) is 23.8 Å². The van der Waals surface area contributed by atoms with Crippen LogP contribution in [0, 0.1) is 0 Å². The van der Waals surface area contributed by atoms with Crippen molar-refractivity contribution in [3.8, 4) is 11.5 Å². The van der Waals surface area contributed by atoms with Crippen molar-refractivity contribution in [2.24, 2.45) is 0 Å². The van der Waals surface area contributed by atoms with Crippen LogP contribution in [0.2, 0.25) is 0 Å². The van der Waals surface area contributed by atoms with Crippen LogP contribution in [0.3, 0.4) is 0 Å². The zero-order chi connectivity index (χ0) is 14.9. The van der Waals surface area contributed by atoms with Gasteiger partial charge in [-0.05, 0) is 18.6 Å². The van der Waals surface area contributed by atoms with Crippen LogP contribution in [0.25, 0.3) is 0 Å². The Morgan fingerprint density at radius 2 is 1.90 bits per heavy atom. The van der Waals surface area contributed by atoms with Gasteiger partial charge in [0.05, 0.1) is 0 Å². The number of phenols is 2. The molecule has 1 aliphatic rings. The Labute approximate surface area is 114 Å². The van der Waals surface area contributed by atoms with Crippen LogP contribution >= 0.6 is 0 Å². The standard InChI is InChI=1S/C13H14N2O5/c1-2-10-12(19)14-11(18)6-15(10)13(20)7-3-8(16)5-9(17)4-7/h3-5,10,16-17H,2,6H2,1H3,(H,14,18,19). The molecule has 1 fully saturated rings. The molecule has 20 heavy (non-hydrogen) atoms. The Morgan fingerprint density at radius 1 is 1.30 bits per heavy atom. The van der Waals surface area contributed by atoms with Gasteiger partial charge in [0.2, 0.25) is 11.8 Å². The molecule has 0 radical (unpaired) electrons. The van der Waals surface area contributed by atoms with E-state index < -0.39 is 23.8 Å². The molecule has 1 atom stereocenters. The highest BCUT2D eigenvalue weighted by molar-refractivity contribution is 6.07. The number of rotatable bonds is 2. The maximum Gasteiger partial charge on any atom is 0.255 e. The molecule has 1 aliphatic heterocycles. The zero-order valence-electron chi connectivity index (χ0n) is 10.8. The summed E-state index contributed by atoms with van der Waals surface area (Å²) in [5.74, 6) is -2.21. The number of nitrogens with one attached hydrogen (secondary N) is 1. The summed E-state index contributed by atoms with van der Waals surface area (Å²) in [6.45, 7) is 1.49. The molecule has 2 rings (SSSR count). The van der Waals surface area contributed by atoms with Crippen LogP contribution in [0.15, 0.2) is 18.2 Å². The van der Waals surface area contributed by atoms with Crippen molar-refractivity contribution in [1.29, 1.82) is 0 Å². The maximum atomic E-state index is 12.3. The number of aromatic hydroxyl groups is 2. The number of hydrogen-bond donors (Lipinski definition) is 3. The third-order valence-electron chi connectivity index (χ3n) is 3.05. The van der Waals surface area contributed by atoms with Crippen molar-refractivity contribution in [2.45, 2.75) is 19.4 Å². The number of piperazine rings is 1. The number of hydrogen-bond acceptors (Lipinski definition) is 5. The SMILES string of the molecule is CCC1C(=O)NC(=O)CN1C(=O)c1cc(O)cc(O)c1. The quantitative estimate of drug-likeness (QED) is 0.659. The molecule has 0 aliphatic carbocycles. The molecule has 0 saturated carbocycles. The van der Waals surface area contributed by atoms with Crippen molar-refractivity contribution >= 4 is 17.7 Å². The summed E-state index contributed by atoms with van der Waals surface area (Å²) < 4.78 is 0. The van der Waals surface area contributed by atoms with Gasteiger partial charge >= 0.3 is 0 Å². The number of phenolic OH excluding ortho intramolecular Hbond substituents is 2. The molecule has 3 N–H and O–H groups in total. The van der Waals surface area contributed by atoms with E-state index in [4.69, 9.17) is 0 Å². The second kappa shape index (κ2) is 5.20. The predicted molar refractivity (Wildman–Crippen MR) is 68.0 cm³/mol. The molecule has 106 valence electrons. The number of amides is 3. The fraction of sp³-hybridized carbons (Fsp3) is 0.308. The lowest BCUT2D eigenvalue weighted by Gasteiger charge is -2.33. The van der Waals surface area contributed by atoms with Crippen LogP contribution in [0.1, 0.15) is 23.7 Å². The Morgan fingerprint density at radius 3 is 2.45 bits per heavy atom. The van der Waals surface area contributed by atoms with Gasteiger partial charge in [0.25, 0.3) is 5.91 Å². The third kappa shape index (κ3) is 2.56. The maximum absolute atomic E-state index is 12.3. The van der Waals surface area contributed by atoms with Gasteiger partial charge in [-0.25, -0.2) is 0 Å². The average Bonchev–Trinajstić information content (AvgIpc) is 2.35. The summed E-state index contributed by atoms with van der Waals surface area (Å²) in [6, 6.07) is 2.68. The minimum atomic E-state index is -0.746. The van der Waals surface area contributed by atoms with Crippen LogP contribution in [0.4, 0.5) is 0 Å². The first kappa shape index (κ1) is 13.9. The molecule has 1 unspecified atom stereocenters. The van der Waals surface area contributed by atoms with E-state index >= 15 is 0 Å². The fourth-order valence-corrected chi connectivity index (χ4v) is 2.17. The highest BCUT2D eigenvalue weighted by Gasteiger charge is 2.36. The number of nitrogens with zero attached hydrogens (tertiary/aromatic N) is 1. The molecule has 0 aromatic heterocycles. The van der Waals surface area contributed by atoms with Crippen LogP contribution in [-0.2, 0) is 9.59 Å². The lowest BCUT2D eigenvalue weighted by Crippen LogP contribution is -2.59. The minimum Gasteiger partial charge on any atom is -0.508 e. The van der Waals surface area contributed by atoms with Crippen LogP contribution in [-0.4, -0.2) is 45.4 Å². The van der Waals surface area contributed by atoms with Crippen molar-refractivity contribution in [3.63, 3.8) is 0 Å². The van der Waals surface area contributed by atoms with Gasteiger partial charge in [0.15, 0.2) is 0 Å². The Hall–Kier alpha value is -2.57. The molecule has 1 aromatic carbocycles. The lowest BCUT2D eigenvalue weighted by molar-refractivity contribution is -0.138. The van der Waals surface area contributed by atoms with Crippen LogP contribution < -0.4 is 5.32 Å². The van der Waals surface area contributed by atoms with Gasteiger partial charge < -0.3 is 15.1 Å². The van der Waals surface area contributed by atoms with E-state index in [9.17, 15) is 24.6 Å². The minimum absolute atomic E-state index is 0.0171. The topological polar surface area (TPSA) is 107 Å². The molecular weight excluding hydrogens is 264 g/mol.